The third-order valence-electron chi connectivity index (χ3n) is 2.44. The first-order valence-electron chi connectivity index (χ1n) is 5.99. The summed E-state index contributed by atoms with van der Waals surface area (Å²) in [4.78, 5) is -0.0906. The highest BCUT2D eigenvalue weighted by Crippen LogP contribution is 2.23. The highest BCUT2D eigenvalue weighted by Gasteiger charge is 2.20. The van der Waals surface area contributed by atoms with Crippen LogP contribution < -0.4 is 4.72 Å². The van der Waals surface area contributed by atoms with Crippen molar-refractivity contribution in [3.05, 3.63) is 30.1 Å². The molecule has 1 N–H and O–H groups in total. The number of halogens is 2. The number of benzene rings is 1. The molecule has 0 fully saturated rings. The number of hydrogen-bond donors (Lipinski definition) is 1. The SMILES string of the molecule is CC(C)(C)CC(Cl)CNS(=O)(=O)c1cccc(F)c1. The molecule has 0 heterocycles. The van der Waals surface area contributed by atoms with Crippen molar-refractivity contribution in [3.8, 4) is 0 Å². The molecule has 0 aliphatic carbocycles. The fourth-order valence-electron chi connectivity index (χ4n) is 1.65. The minimum Gasteiger partial charge on any atom is -0.210 e. The quantitative estimate of drug-likeness (QED) is 0.849. The van der Waals surface area contributed by atoms with Gasteiger partial charge in [-0.1, -0.05) is 26.8 Å². The Morgan fingerprint density at radius 1 is 1.37 bits per heavy atom. The van der Waals surface area contributed by atoms with Crippen LogP contribution in [-0.2, 0) is 10.0 Å². The maximum atomic E-state index is 13.0. The van der Waals surface area contributed by atoms with Crippen LogP contribution in [0.4, 0.5) is 4.39 Å². The number of nitrogens with one attached hydrogen (secondary N) is 1. The van der Waals surface area contributed by atoms with E-state index in [9.17, 15) is 12.8 Å². The zero-order valence-corrected chi connectivity index (χ0v) is 12.9. The molecule has 0 amide bonds. The molecule has 0 radical (unpaired) electrons. The minimum atomic E-state index is -3.71. The zero-order valence-electron chi connectivity index (χ0n) is 11.3. The summed E-state index contributed by atoms with van der Waals surface area (Å²) in [6, 6.07) is 4.88. The Labute approximate surface area is 119 Å². The highest BCUT2D eigenvalue weighted by molar-refractivity contribution is 7.89. The van der Waals surface area contributed by atoms with Crippen molar-refractivity contribution in [3.63, 3.8) is 0 Å². The van der Waals surface area contributed by atoms with Gasteiger partial charge in [-0.3, -0.25) is 0 Å². The molecule has 108 valence electrons. The second-order valence-corrected chi connectivity index (χ2v) is 8.06. The Balaban J connectivity index is 2.66. The van der Waals surface area contributed by atoms with E-state index in [0.717, 1.165) is 6.07 Å². The molecule has 0 bridgehead atoms. The third-order valence-corrected chi connectivity index (χ3v) is 4.16. The average Bonchev–Trinajstić information content (AvgIpc) is 2.24. The van der Waals surface area contributed by atoms with Gasteiger partial charge in [-0.2, -0.15) is 0 Å². The Morgan fingerprint density at radius 2 is 2.00 bits per heavy atom. The van der Waals surface area contributed by atoms with Crippen molar-refractivity contribution in [2.45, 2.75) is 37.5 Å². The molecule has 0 aliphatic rings. The zero-order chi connectivity index (χ0) is 14.7. The van der Waals surface area contributed by atoms with Gasteiger partial charge in [0.2, 0.25) is 10.0 Å². The topological polar surface area (TPSA) is 46.2 Å². The number of hydrogen-bond acceptors (Lipinski definition) is 2. The van der Waals surface area contributed by atoms with Gasteiger partial charge in [-0.05, 0) is 30.0 Å². The van der Waals surface area contributed by atoms with Crippen molar-refractivity contribution >= 4 is 21.6 Å². The summed E-state index contributed by atoms with van der Waals surface area (Å²) in [5.74, 6) is -0.583. The molecule has 1 aromatic carbocycles. The first-order chi connectivity index (χ1) is 8.60. The largest absolute Gasteiger partial charge is 0.240 e. The standard InChI is InChI=1S/C13H19ClFNO2S/c1-13(2,3)8-10(14)9-16-19(17,18)12-6-4-5-11(15)7-12/h4-7,10,16H,8-9H2,1-3H3. The molecule has 1 aromatic rings. The van der Waals surface area contributed by atoms with Crippen molar-refractivity contribution in [2.24, 2.45) is 5.41 Å². The number of sulfonamides is 1. The molecule has 0 saturated carbocycles. The normalized spacial score (nSPS) is 14.4. The van der Waals surface area contributed by atoms with Crippen molar-refractivity contribution in [1.82, 2.24) is 4.72 Å². The van der Waals surface area contributed by atoms with Gasteiger partial charge < -0.3 is 0 Å². The van der Waals surface area contributed by atoms with E-state index in [-0.39, 0.29) is 22.2 Å². The van der Waals surface area contributed by atoms with Crippen LogP contribution in [0.25, 0.3) is 0 Å². The van der Waals surface area contributed by atoms with Gasteiger partial charge in [0.25, 0.3) is 0 Å². The van der Waals surface area contributed by atoms with Gasteiger partial charge in [0, 0.05) is 11.9 Å². The van der Waals surface area contributed by atoms with Gasteiger partial charge in [0.1, 0.15) is 5.82 Å². The minimum absolute atomic E-state index is 0.0245. The molecule has 0 saturated heterocycles. The molecule has 3 nitrogen and oxygen atoms in total. The van der Waals surface area contributed by atoms with Crippen molar-refractivity contribution < 1.29 is 12.8 Å². The lowest BCUT2D eigenvalue weighted by atomic mass is 9.90. The molecular weight excluding hydrogens is 289 g/mol. The summed E-state index contributed by atoms with van der Waals surface area (Å²) in [5, 5.41) is -0.302. The van der Waals surface area contributed by atoms with E-state index in [4.69, 9.17) is 11.6 Å². The van der Waals surface area contributed by atoms with E-state index in [0.29, 0.717) is 6.42 Å². The fourth-order valence-corrected chi connectivity index (χ4v) is 3.40. The summed E-state index contributed by atoms with van der Waals surface area (Å²) < 4.78 is 39.2. The lowest BCUT2D eigenvalue weighted by Gasteiger charge is -2.21. The molecule has 1 unspecified atom stereocenters. The number of alkyl halides is 1. The van der Waals surface area contributed by atoms with Crippen LogP contribution in [0.3, 0.4) is 0 Å². The Kier molecular flexibility index (Phi) is 5.35. The molecule has 1 atom stereocenters. The molecule has 6 heteroatoms. The van der Waals surface area contributed by atoms with Gasteiger partial charge in [0.05, 0.1) is 4.90 Å². The average molecular weight is 308 g/mol. The first-order valence-corrected chi connectivity index (χ1v) is 7.91. The van der Waals surface area contributed by atoms with Crippen molar-refractivity contribution in [2.75, 3.05) is 6.54 Å². The van der Waals surface area contributed by atoms with Crippen LogP contribution in [0.15, 0.2) is 29.2 Å². The number of rotatable bonds is 5. The molecule has 1 rings (SSSR count). The maximum absolute atomic E-state index is 13.0. The van der Waals surface area contributed by atoms with Gasteiger partial charge in [-0.15, -0.1) is 11.6 Å². The van der Waals surface area contributed by atoms with E-state index in [2.05, 4.69) is 4.72 Å². The van der Waals surface area contributed by atoms with Crippen LogP contribution in [0.5, 0.6) is 0 Å². The summed E-state index contributed by atoms with van der Waals surface area (Å²) >= 11 is 6.09. The van der Waals surface area contributed by atoms with Crippen LogP contribution in [0, 0.1) is 11.2 Å². The third kappa shape index (κ3) is 5.89. The van der Waals surface area contributed by atoms with E-state index in [1.807, 2.05) is 20.8 Å². The summed E-state index contributed by atoms with van der Waals surface area (Å²) in [5.41, 5.74) is 0.0245. The second kappa shape index (κ2) is 6.20. The summed E-state index contributed by atoms with van der Waals surface area (Å²) in [6.07, 6.45) is 0.681. The Hall–Kier alpha value is -0.650. The molecule has 0 aliphatic heterocycles. The van der Waals surface area contributed by atoms with E-state index >= 15 is 0 Å². The van der Waals surface area contributed by atoms with Gasteiger partial charge in [-0.25, -0.2) is 17.5 Å². The monoisotopic (exact) mass is 307 g/mol. The predicted octanol–water partition coefficient (Wildman–Crippen LogP) is 3.15. The van der Waals surface area contributed by atoms with Gasteiger partial charge >= 0.3 is 0 Å². The van der Waals surface area contributed by atoms with Crippen LogP contribution in [0.1, 0.15) is 27.2 Å². The van der Waals surface area contributed by atoms with E-state index < -0.39 is 15.8 Å². The fraction of sp³-hybridized carbons (Fsp3) is 0.538. The van der Waals surface area contributed by atoms with E-state index in [1.54, 1.807) is 0 Å². The van der Waals surface area contributed by atoms with Crippen molar-refractivity contribution in [1.29, 1.82) is 0 Å². The smallest absolute Gasteiger partial charge is 0.210 e. The summed E-state index contributed by atoms with van der Waals surface area (Å²) in [7, 11) is -3.71. The summed E-state index contributed by atoms with van der Waals surface area (Å²) in [6.45, 7) is 6.22. The maximum Gasteiger partial charge on any atom is 0.240 e. The Bertz CT molecular complexity index is 526. The first kappa shape index (κ1) is 16.4. The molecule has 0 spiro atoms. The Morgan fingerprint density at radius 3 is 2.53 bits per heavy atom. The van der Waals surface area contributed by atoms with Crippen LogP contribution >= 0.6 is 11.6 Å². The lowest BCUT2D eigenvalue weighted by Crippen LogP contribution is -2.31. The lowest BCUT2D eigenvalue weighted by molar-refractivity contribution is 0.369. The second-order valence-electron chi connectivity index (χ2n) is 5.67. The highest BCUT2D eigenvalue weighted by atomic mass is 35.5. The van der Waals surface area contributed by atoms with Crippen LogP contribution in [-0.4, -0.2) is 20.3 Å². The van der Waals surface area contributed by atoms with Crippen LogP contribution in [0.2, 0.25) is 0 Å². The molecule has 0 aromatic heterocycles. The molecule has 19 heavy (non-hydrogen) atoms. The molecular formula is C13H19ClFNO2S. The van der Waals surface area contributed by atoms with E-state index in [1.165, 1.54) is 18.2 Å². The predicted molar refractivity (Wildman–Crippen MR) is 75.3 cm³/mol. The van der Waals surface area contributed by atoms with Gasteiger partial charge in [0.15, 0.2) is 0 Å².